The first-order valence-corrected chi connectivity index (χ1v) is 26.1. The maximum absolute atomic E-state index is 6.49. The highest BCUT2D eigenvalue weighted by molar-refractivity contribution is 7.03. The molecule has 0 aliphatic carbocycles. The highest BCUT2D eigenvalue weighted by Gasteiger charge is 2.37. The van der Waals surface area contributed by atoms with Crippen molar-refractivity contribution in [1.82, 2.24) is 0 Å². The summed E-state index contributed by atoms with van der Waals surface area (Å²) in [7, 11) is -2.30. The van der Waals surface area contributed by atoms with Crippen LogP contribution in [0.5, 0.6) is 0 Å². The Morgan fingerprint density at radius 1 is 0.299 bits per heavy atom. The smallest absolute Gasteiger partial charge is 0.137 e. The molecule has 0 spiro atoms. The van der Waals surface area contributed by atoms with Crippen molar-refractivity contribution in [2.45, 2.75) is 13.1 Å². The number of furan rings is 2. The molecule has 0 fully saturated rings. The summed E-state index contributed by atoms with van der Waals surface area (Å²) >= 11 is 0. The Kier molecular flexibility index (Phi) is 8.10. The molecule has 0 saturated heterocycles. The maximum Gasteiger partial charge on any atom is 0.137 e. The molecule has 11 aromatic carbocycles. The van der Waals surface area contributed by atoms with Crippen LogP contribution in [0.4, 0.5) is 34.1 Å². The van der Waals surface area contributed by atoms with E-state index in [0.29, 0.717) is 0 Å². The number of hydrogen-bond donors (Lipinski definition) is 0. The third-order valence-corrected chi connectivity index (χ3v) is 17.9. The van der Waals surface area contributed by atoms with Crippen LogP contribution in [0.1, 0.15) is 0 Å². The number of para-hydroxylation sites is 4. The number of hydrogen-bond acceptors (Lipinski definition) is 4. The van der Waals surface area contributed by atoms with Crippen molar-refractivity contribution in [3.8, 4) is 11.1 Å². The molecular weight excluding hydrogens is 833 g/mol. The van der Waals surface area contributed by atoms with Crippen molar-refractivity contribution in [3.05, 3.63) is 218 Å². The normalized spacial score (nSPS) is 13.0. The molecule has 0 amide bonds. The molecule has 2 aromatic heterocycles. The highest BCUT2D eigenvalue weighted by atomic mass is 28.3. The molecular formula is C62H42N2O2Si. The lowest BCUT2D eigenvalue weighted by Gasteiger charge is -2.36. The summed E-state index contributed by atoms with van der Waals surface area (Å²) in [6.45, 7) is 5.06. The fourth-order valence-corrected chi connectivity index (χ4v) is 14.4. The third-order valence-electron chi connectivity index (χ3n) is 14.4. The van der Waals surface area contributed by atoms with Gasteiger partial charge in [0.25, 0.3) is 0 Å². The highest BCUT2D eigenvalue weighted by Crippen LogP contribution is 2.48. The Morgan fingerprint density at radius 3 is 1.45 bits per heavy atom. The SMILES string of the molecule is C[Si]1(C)c2cc(N(c3ccccc3)c3ccc4c(c3)oc3ccccc34)ccc2-c2cc3c4ccccc4c(N(c4ccccc4)c4ccc5c(c4)oc4ccccc45)cc3c3cccc1c23. The standard InChI is InChI=1S/C62H42N2O2Si/c1-67(2)60-27-15-24-51-53-38-55(64(40-18-7-4-8-19-40)42-29-32-49-47-23-12-14-26-57(47)66-59(49)35-42)45-21-10-9-20-44(45)52(53)37-54(62(51)60)50-33-30-43(36-61(50)67)63(39-16-5-3-6-17-39)41-28-31-48-46-22-11-13-25-56(46)65-58(48)34-41/h3-38H,1-2H3. The first-order chi connectivity index (χ1) is 33.0. The molecule has 0 bridgehead atoms. The Bertz CT molecular complexity index is 4150. The Labute approximate surface area is 388 Å². The zero-order chi connectivity index (χ0) is 44.4. The van der Waals surface area contributed by atoms with Gasteiger partial charge in [-0.15, -0.1) is 0 Å². The summed E-state index contributed by atoms with van der Waals surface area (Å²) in [6, 6.07) is 79.5. The number of anilines is 6. The summed E-state index contributed by atoms with van der Waals surface area (Å²) in [5.41, 5.74) is 12.7. The van der Waals surface area contributed by atoms with Crippen molar-refractivity contribution in [3.63, 3.8) is 0 Å². The Hall–Kier alpha value is -8.38. The van der Waals surface area contributed by atoms with Gasteiger partial charge in [0.2, 0.25) is 0 Å². The second-order valence-corrected chi connectivity index (χ2v) is 22.8. The molecule has 0 atom stereocenters. The lowest BCUT2D eigenvalue weighted by Crippen LogP contribution is -2.56. The van der Waals surface area contributed by atoms with Crippen LogP contribution >= 0.6 is 0 Å². The van der Waals surface area contributed by atoms with Gasteiger partial charge in [0.1, 0.15) is 30.4 Å². The van der Waals surface area contributed by atoms with Crippen molar-refractivity contribution >= 4 is 129 Å². The number of nitrogens with zero attached hydrogens (tertiary/aromatic N) is 2. The molecule has 1 aliphatic rings. The second kappa shape index (κ2) is 14.3. The predicted octanol–water partition coefficient (Wildman–Crippen LogP) is 16.7. The van der Waals surface area contributed by atoms with Crippen molar-refractivity contribution in [2.75, 3.05) is 9.80 Å². The molecule has 0 unspecified atom stereocenters. The van der Waals surface area contributed by atoms with Gasteiger partial charge in [-0.25, -0.2) is 0 Å². The van der Waals surface area contributed by atoms with Gasteiger partial charge in [0.15, 0.2) is 0 Å². The fourth-order valence-electron chi connectivity index (χ4n) is 11.3. The van der Waals surface area contributed by atoms with Gasteiger partial charge in [0, 0.05) is 67.5 Å². The van der Waals surface area contributed by atoms with Crippen LogP contribution in [-0.2, 0) is 0 Å². The third kappa shape index (κ3) is 5.65. The molecule has 316 valence electrons. The van der Waals surface area contributed by atoms with Gasteiger partial charge in [-0.1, -0.05) is 134 Å². The van der Waals surface area contributed by atoms with E-state index in [1.54, 1.807) is 0 Å². The minimum absolute atomic E-state index is 0.875. The van der Waals surface area contributed by atoms with E-state index in [9.17, 15) is 0 Å². The van der Waals surface area contributed by atoms with E-state index >= 15 is 0 Å². The van der Waals surface area contributed by atoms with Crippen LogP contribution in [0.3, 0.4) is 0 Å². The Morgan fingerprint density at radius 2 is 0.791 bits per heavy atom. The summed E-state index contributed by atoms with van der Waals surface area (Å²) in [4.78, 5) is 4.79. The van der Waals surface area contributed by atoms with Crippen molar-refractivity contribution < 1.29 is 8.83 Å². The second-order valence-electron chi connectivity index (χ2n) is 18.4. The average molecular weight is 875 g/mol. The van der Waals surface area contributed by atoms with Gasteiger partial charge in [-0.3, -0.25) is 0 Å². The summed E-state index contributed by atoms with van der Waals surface area (Å²) in [6.07, 6.45) is 0. The lowest BCUT2D eigenvalue weighted by atomic mass is 9.89. The van der Waals surface area contributed by atoms with Crippen LogP contribution in [0.25, 0.3) is 87.3 Å². The Balaban J connectivity index is 0.978. The molecule has 4 nitrogen and oxygen atoms in total. The predicted molar refractivity (Wildman–Crippen MR) is 285 cm³/mol. The molecule has 67 heavy (non-hydrogen) atoms. The molecule has 0 radical (unpaired) electrons. The van der Waals surface area contributed by atoms with Gasteiger partial charge >= 0.3 is 0 Å². The van der Waals surface area contributed by atoms with E-state index in [2.05, 4.69) is 223 Å². The molecule has 5 heteroatoms. The van der Waals surface area contributed by atoms with E-state index in [1.807, 2.05) is 18.2 Å². The quantitative estimate of drug-likeness (QED) is 0.123. The van der Waals surface area contributed by atoms with Crippen LogP contribution in [0.2, 0.25) is 13.1 Å². The van der Waals surface area contributed by atoms with E-state index < -0.39 is 8.07 Å². The van der Waals surface area contributed by atoms with Gasteiger partial charge in [-0.2, -0.15) is 0 Å². The monoisotopic (exact) mass is 874 g/mol. The number of rotatable bonds is 6. The summed E-state index contributed by atoms with van der Waals surface area (Å²) in [5.74, 6) is 0. The molecule has 0 saturated carbocycles. The molecule has 3 heterocycles. The zero-order valence-electron chi connectivity index (χ0n) is 37.0. The minimum Gasteiger partial charge on any atom is -0.456 e. The molecule has 0 N–H and O–H groups in total. The largest absolute Gasteiger partial charge is 0.456 e. The lowest BCUT2D eigenvalue weighted by molar-refractivity contribution is 0.668. The molecule has 1 aliphatic heterocycles. The average Bonchev–Trinajstić information content (AvgIpc) is 3.94. The van der Waals surface area contributed by atoms with Crippen molar-refractivity contribution in [2.24, 2.45) is 0 Å². The molecule has 14 rings (SSSR count). The maximum atomic E-state index is 6.49. The van der Waals surface area contributed by atoms with Gasteiger partial charge < -0.3 is 18.6 Å². The summed E-state index contributed by atoms with van der Waals surface area (Å²) in [5, 5.41) is 15.0. The van der Waals surface area contributed by atoms with Crippen LogP contribution in [0, 0.1) is 0 Å². The van der Waals surface area contributed by atoms with E-state index in [4.69, 9.17) is 8.83 Å². The van der Waals surface area contributed by atoms with Crippen LogP contribution in [-0.4, -0.2) is 8.07 Å². The summed E-state index contributed by atoms with van der Waals surface area (Å²) < 4.78 is 12.9. The molecule has 13 aromatic rings. The van der Waals surface area contributed by atoms with E-state index in [1.165, 1.54) is 53.8 Å². The van der Waals surface area contributed by atoms with Crippen molar-refractivity contribution in [1.29, 1.82) is 0 Å². The fraction of sp³-hybridized carbons (Fsp3) is 0.0323. The van der Waals surface area contributed by atoms with Crippen LogP contribution < -0.4 is 20.2 Å². The topological polar surface area (TPSA) is 32.8 Å². The number of fused-ring (bicyclic) bond motifs is 12. The minimum atomic E-state index is -2.30. The van der Waals surface area contributed by atoms with Crippen LogP contribution in [0.15, 0.2) is 227 Å². The van der Waals surface area contributed by atoms with Gasteiger partial charge in [-0.05, 0) is 133 Å². The van der Waals surface area contributed by atoms with Gasteiger partial charge in [0.05, 0.1) is 5.69 Å². The first-order valence-electron chi connectivity index (χ1n) is 23.1. The van der Waals surface area contributed by atoms with E-state index in [-0.39, 0.29) is 0 Å². The first kappa shape index (κ1) is 37.9. The number of benzene rings is 11. The van der Waals surface area contributed by atoms with E-state index in [0.717, 1.165) is 78.0 Å². The zero-order valence-corrected chi connectivity index (χ0v) is 38.0.